The van der Waals surface area contributed by atoms with Crippen molar-refractivity contribution in [3.63, 3.8) is 0 Å². The van der Waals surface area contributed by atoms with Crippen LogP contribution in [0.4, 0.5) is 15.4 Å². The van der Waals surface area contributed by atoms with Crippen molar-refractivity contribution in [3.8, 4) is 11.3 Å². The second-order valence-corrected chi connectivity index (χ2v) is 33.0. The molecule has 30 heteroatoms. The topological polar surface area (TPSA) is 360 Å². The molecule has 3 N–H and O–H groups in total. The van der Waals surface area contributed by atoms with E-state index >= 15 is 0 Å². The first-order valence-corrected chi connectivity index (χ1v) is 39.8. The highest BCUT2D eigenvalue weighted by Crippen LogP contribution is 2.45. The third-order valence-corrected chi connectivity index (χ3v) is 23.8. The van der Waals surface area contributed by atoms with E-state index in [0.717, 1.165) is 15.8 Å². The Bertz CT molecular complexity index is 3990. The number of amides is 1. The van der Waals surface area contributed by atoms with Crippen LogP contribution in [-0.4, -0.2) is 248 Å². The van der Waals surface area contributed by atoms with Gasteiger partial charge in [-0.2, -0.15) is 0 Å². The number of aliphatic hydroxyl groups excluding tert-OH is 1. The summed E-state index contributed by atoms with van der Waals surface area (Å²) >= 11 is 0. The van der Waals surface area contributed by atoms with Gasteiger partial charge in [0.25, 0.3) is 0 Å². The number of ketones is 4. The second kappa shape index (κ2) is 39.8. The number of nitrogens with two attached hydrogens (primary N) is 1. The van der Waals surface area contributed by atoms with Crippen LogP contribution >= 0.6 is 0 Å². The fraction of sp³-hybridized carbons (Fsp3) is 0.671. The van der Waals surface area contributed by atoms with Gasteiger partial charge in [-0.05, 0) is 178 Å². The average Bonchev–Trinajstić information content (AvgIpc) is 1.62. The number of imidazole rings is 2. The number of esters is 3. The van der Waals surface area contributed by atoms with Crippen molar-refractivity contribution in [1.82, 2.24) is 38.8 Å². The molecule has 3 aromatic heterocycles. The molecule has 24 atom stereocenters. The van der Waals surface area contributed by atoms with Gasteiger partial charge in [0.15, 0.2) is 47.2 Å². The fourth-order valence-electron chi connectivity index (χ4n) is 17.2. The first-order valence-electron chi connectivity index (χ1n) is 39.8. The molecule has 0 aliphatic carbocycles. The van der Waals surface area contributed by atoms with E-state index in [1.165, 1.54) is 52.9 Å². The van der Waals surface area contributed by atoms with Gasteiger partial charge in [0.1, 0.15) is 48.1 Å². The molecule has 8 heterocycles. The minimum atomic E-state index is -1.61. The number of carbonyl (C=O) groups excluding carboxylic acids is 9. The number of Topliss-reactive ketones (excluding diaryl/α,β-unsaturated/α-hetero) is 4. The molecule has 5 aliphatic rings. The number of fused-ring (bicyclic) bond motifs is 1. The van der Waals surface area contributed by atoms with Crippen LogP contribution in [0, 0.1) is 41.4 Å². The van der Waals surface area contributed by atoms with Gasteiger partial charge in [0.05, 0.1) is 65.3 Å². The maximum atomic E-state index is 14.7. The maximum Gasteiger partial charge on any atom is 0.420 e. The van der Waals surface area contributed by atoms with Crippen LogP contribution in [0.25, 0.3) is 11.3 Å². The molecule has 0 bridgehead atoms. The normalized spacial score (nSPS) is 35.3. The van der Waals surface area contributed by atoms with E-state index in [1.807, 2.05) is 75.6 Å². The Morgan fingerprint density at radius 3 is 1.77 bits per heavy atom. The monoisotopic (exact) mass is 1610 g/mol. The second-order valence-electron chi connectivity index (χ2n) is 33.0. The van der Waals surface area contributed by atoms with Crippen molar-refractivity contribution in [1.29, 1.82) is 0 Å². The molecule has 9 rings (SSSR count). The van der Waals surface area contributed by atoms with Crippen molar-refractivity contribution in [2.75, 3.05) is 54.7 Å². The van der Waals surface area contributed by atoms with Gasteiger partial charge < -0.3 is 82.2 Å². The molecule has 115 heavy (non-hydrogen) atoms. The number of hydrogen-bond acceptors (Lipinski definition) is 27. The molecule has 0 unspecified atom stereocenters. The van der Waals surface area contributed by atoms with Gasteiger partial charge in [-0.25, -0.2) is 33.9 Å². The zero-order valence-electron chi connectivity index (χ0n) is 70.5. The summed E-state index contributed by atoms with van der Waals surface area (Å²) in [6, 6.07) is 10.8. The molecule has 0 saturated carbocycles. The highest BCUT2D eigenvalue weighted by atomic mass is 16.7. The van der Waals surface area contributed by atoms with Gasteiger partial charge in [-0.1, -0.05) is 74.1 Å². The lowest BCUT2D eigenvalue weighted by Gasteiger charge is -2.47. The van der Waals surface area contributed by atoms with E-state index in [-0.39, 0.29) is 81.1 Å². The zero-order valence-corrected chi connectivity index (χ0v) is 70.5. The average molecular weight is 1610 g/mol. The molecule has 1 aromatic carbocycles. The van der Waals surface area contributed by atoms with E-state index in [4.69, 9.17) is 57.8 Å². The van der Waals surface area contributed by atoms with Crippen LogP contribution < -0.4 is 5.73 Å². The number of likely N-dealkylation sites (N-methyl/N-ethyl adjacent to an activating group) is 2. The van der Waals surface area contributed by atoms with E-state index in [1.54, 1.807) is 130 Å². The summed E-state index contributed by atoms with van der Waals surface area (Å²) in [5, 5.41) is 11.4. The quantitative estimate of drug-likeness (QED) is 0.0381. The van der Waals surface area contributed by atoms with Crippen molar-refractivity contribution in [3.05, 3.63) is 97.1 Å². The number of hydrogen-bond donors (Lipinski definition) is 2. The Morgan fingerprint density at radius 2 is 1.23 bits per heavy atom. The number of aliphatic hydroxyl groups is 1. The van der Waals surface area contributed by atoms with Gasteiger partial charge in [-0.3, -0.25) is 28.8 Å². The number of benzene rings is 1. The predicted molar refractivity (Wildman–Crippen MR) is 426 cm³/mol. The van der Waals surface area contributed by atoms with Crippen LogP contribution in [0.5, 0.6) is 0 Å². The van der Waals surface area contributed by atoms with E-state index in [2.05, 4.69) is 15.0 Å². The number of pyridine rings is 1. The van der Waals surface area contributed by atoms with Gasteiger partial charge in [-0.15, -0.1) is 0 Å². The Hall–Kier alpha value is -8.20. The molecule has 5 aliphatic heterocycles. The molecule has 30 nitrogen and oxygen atoms in total. The molecular weight excluding hydrogens is 1480 g/mol. The third-order valence-electron chi connectivity index (χ3n) is 23.8. The number of methoxy groups -OCH3 is 2. The van der Waals surface area contributed by atoms with Crippen LogP contribution in [0.15, 0.2) is 91.6 Å². The molecule has 0 radical (unpaired) electrons. The van der Waals surface area contributed by atoms with Crippen LogP contribution in [0.2, 0.25) is 0 Å². The molecule has 4 fully saturated rings. The lowest BCUT2D eigenvalue weighted by molar-refractivity contribution is -0.295. The highest BCUT2D eigenvalue weighted by Gasteiger charge is 2.61. The number of cyclic esters (lactones) is 2. The molecular formula is C85H127N9O21. The minimum absolute atomic E-state index is 0. The minimum Gasteiger partial charge on any atom is -0.458 e. The summed E-state index contributed by atoms with van der Waals surface area (Å²) in [6.45, 7) is 28.2. The number of aromatic nitrogens is 5. The van der Waals surface area contributed by atoms with Crippen molar-refractivity contribution in [2.24, 2.45) is 41.4 Å². The Kier molecular flexibility index (Phi) is 32.5. The van der Waals surface area contributed by atoms with Gasteiger partial charge >= 0.3 is 30.1 Å². The van der Waals surface area contributed by atoms with E-state index in [9.17, 15) is 48.3 Å². The molecule has 4 aromatic rings. The number of aryl methyl sites for hydroxylation is 1. The zero-order chi connectivity index (χ0) is 84.4. The first kappa shape index (κ1) is 94.0. The van der Waals surface area contributed by atoms with Crippen LogP contribution in [0.3, 0.4) is 0 Å². The predicted octanol–water partition coefficient (Wildman–Crippen LogP) is 10.6. The smallest absolute Gasteiger partial charge is 0.420 e. The number of nitrogens with zero attached hydrogens (tertiary/aromatic N) is 8. The Labute approximate surface area is 677 Å². The fourth-order valence-corrected chi connectivity index (χ4v) is 17.2. The van der Waals surface area contributed by atoms with Gasteiger partial charge in [0, 0.05) is 93.3 Å². The number of allylic oxidation sites excluding steroid dienone is 1. The summed E-state index contributed by atoms with van der Waals surface area (Å²) in [5.41, 5.74) is 2.34. The van der Waals surface area contributed by atoms with Crippen LogP contribution in [0.1, 0.15) is 180 Å². The van der Waals surface area contributed by atoms with E-state index in [0.29, 0.717) is 43.6 Å². The van der Waals surface area contributed by atoms with Crippen molar-refractivity contribution in [2.45, 2.75) is 278 Å². The highest BCUT2D eigenvalue weighted by molar-refractivity contribution is 6.01. The lowest BCUT2D eigenvalue weighted by atomic mass is 9.73. The number of anilines is 1. The number of carbonyl (C=O) groups is 9. The number of rotatable bonds is 19. The van der Waals surface area contributed by atoms with E-state index < -0.39 is 161 Å². The lowest BCUT2D eigenvalue weighted by Crippen LogP contribution is -2.60. The largest absolute Gasteiger partial charge is 0.458 e. The third kappa shape index (κ3) is 21.6. The molecule has 0 spiro atoms. The number of unbranched alkanes of at least 4 members (excludes halogenated alkanes) is 1. The SMILES string of the molecule is C.CC[C@H]1OC(=O)[C@H](C)C(=O)[C@H](C)[C@@H](O[C@@H]2O[C@H](C)C[C@H](N(C)C)[C@H]2O)[C@@](C)(OC)C[C@@H](C)C(=O)[C@H](C)[C@H]2N(CCCCn3cnc(-c4ccc(N)nc4)c3)C(=O)O[C@]12C.CC[C@H]1OC(=O)[C@H](C)C(=O)[C@H](C)[C@@H](O[C@@H]2O[C@H](C)C[C@H](N(C)C)[C@H]2OC(=O)c2ccccc2)[C@@](C)(OC)C[C@@H](C)C(=O)/C(C)=C/[C@]1(C)OC(=O)n1ccnc1. The summed E-state index contributed by atoms with van der Waals surface area (Å²) in [5.74, 6) is -9.80. The van der Waals surface area contributed by atoms with Crippen molar-refractivity contribution < 1.29 is 100 Å². The molecule has 4 saturated heterocycles. The Balaban J connectivity index is 0.000000316. The summed E-state index contributed by atoms with van der Waals surface area (Å²) in [7, 11) is 10.4. The number of nitrogen functional groups attached to an aromatic ring is 1. The van der Waals surface area contributed by atoms with Crippen molar-refractivity contribution >= 4 is 59.0 Å². The summed E-state index contributed by atoms with van der Waals surface area (Å²) < 4.78 is 71.7. The first-order chi connectivity index (χ1) is 53.6. The maximum absolute atomic E-state index is 14.7. The molecule has 638 valence electrons. The van der Waals surface area contributed by atoms with Gasteiger partial charge in [0.2, 0.25) is 0 Å². The van der Waals surface area contributed by atoms with Crippen LogP contribution in [-0.2, 0) is 87.4 Å². The Morgan fingerprint density at radius 1 is 0.678 bits per heavy atom. The summed E-state index contributed by atoms with van der Waals surface area (Å²) in [4.78, 5) is 144. The standard InChI is InChI=1S/C43H66N6O10.C41H57N3O11.CH4/c1-12-32-43(8)37(49(41(54)59-43)18-14-13-17-48-22-30(46-23-48)29-15-16-33(44)45-21-29)26(4)34(50)24(2)20-42(7,55-11)38(27(5)35(51)28(6)39(53)57-32)58-40-36(52)31(47(9)10)19-25(3)56-40;1-12-31-40(7,55-39(49)44-19-18-42-23-44)21-24(2)32(45)25(3)22-41(8,50-11)35(27(5)33(46)28(6)36(47)52-31)54-38-34(30(43(9)10)20-26(4)51-38)53-37(48)29-16-14-13-15-17-29;/h15-16,21-28,31-32,36-38,40,52H,12-14,17-20H2,1-11H3,(H2,44,45);13-19,21,23,25-28,30-31,34-35,38H,12,20,22H2,1-11H3;1H4/b;24-21+;/t24-,25-,26+,27+,28-,31+,32-,36-,37-,38-,40+,42+,43-;25-,26-,27+,28-,30+,31-,34-,35-,38+,40+,41+;/m11./s1. The summed E-state index contributed by atoms with van der Waals surface area (Å²) in [6.07, 6.45) is 3.46. The molecule has 1 amide bonds. The number of ether oxygens (including phenoxy) is 11.